The van der Waals surface area contributed by atoms with Crippen molar-refractivity contribution >= 4 is 28.4 Å². The van der Waals surface area contributed by atoms with Gasteiger partial charge in [0.05, 0.1) is 17.1 Å². The SMILES string of the molecule is O=[N+]([O-])c1cc2c(c(CSc3nnc(-c4c[nH]c5ccccc45)o3)c1)OCOC2. The van der Waals surface area contributed by atoms with Crippen LogP contribution >= 0.6 is 11.8 Å². The first kappa shape index (κ1) is 17.7. The van der Waals surface area contributed by atoms with Gasteiger partial charge in [0.15, 0.2) is 6.79 Å². The van der Waals surface area contributed by atoms with Crippen molar-refractivity contribution < 1.29 is 18.8 Å². The van der Waals surface area contributed by atoms with Crippen molar-refractivity contribution in [1.29, 1.82) is 0 Å². The van der Waals surface area contributed by atoms with E-state index in [0.29, 0.717) is 33.7 Å². The second-order valence-electron chi connectivity index (χ2n) is 6.37. The molecule has 0 saturated heterocycles. The average molecular weight is 410 g/mol. The zero-order chi connectivity index (χ0) is 19.8. The maximum atomic E-state index is 11.2. The largest absolute Gasteiger partial charge is 0.467 e. The molecule has 146 valence electrons. The van der Waals surface area contributed by atoms with Crippen LogP contribution in [0.15, 0.2) is 52.2 Å². The number of fused-ring (bicyclic) bond motifs is 2. The van der Waals surface area contributed by atoms with Crippen LogP contribution in [0.1, 0.15) is 11.1 Å². The van der Waals surface area contributed by atoms with Gasteiger partial charge in [0, 0.05) is 46.1 Å². The number of hydrogen-bond acceptors (Lipinski definition) is 8. The number of rotatable bonds is 5. The first-order valence-corrected chi connectivity index (χ1v) is 9.71. The number of ether oxygens (including phenoxy) is 2. The summed E-state index contributed by atoms with van der Waals surface area (Å²) in [5.41, 5.74) is 3.16. The lowest BCUT2D eigenvalue weighted by molar-refractivity contribution is -0.385. The molecule has 5 rings (SSSR count). The van der Waals surface area contributed by atoms with E-state index in [2.05, 4.69) is 15.2 Å². The van der Waals surface area contributed by atoms with Crippen molar-refractivity contribution in [1.82, 2.24) is 15.2 Å². The molecule has 0 saturated carbocycles. The zero-order valence-corrected chi connectivity index (χ0v) is 15.8. The van der Waals surface area contributed by atoms with Crippen molar-refractivity contribution in [2.75, 3.05) is 6.79 Å². The molecule has 2 aromatic heterocycles. The van der Waals surface area contributed by atoms with E-state index in [0.717, 1.165) is 16.5 Å². The molecular formula is C19H14N4O5S. The lowest BCUT2D eigenvalue weighted by Crippen LogP contribution is -2.13. The molecule has 0 unspecified atom stereocenters. The quantitative estimate of drug-likeness (QED) is 0.294. The van der Waals surface area contributed by atoms with E-state index < -0.39 is 4.92 Å². The Hall–Kier alpha value is -3.37. The Morgan fingerprint density at radius 3 is 3.03 bits per heavy atom. The van der Waals surface area contributed by atoms with Gasteiger partial charge < -0.3 is 18.9 Å². The van der Waals surface area contributed by atoms with Crippen molar-refractivity contribution in [2.24, 2.45) is 0 Å². The van der Waals surface area contributed by atoms with Gasteiger partial charge in [-0.2, -0.15) is 0 Å². The van der Waals surface area contributed by atoms with Crippen LogP contribution in [0.5, 0.6) is 5.75 Å². The summed E-state index contributed by atoms with van der Waals surface area (Å²) in [4.78, 5) is 14.0. The summed E-state index contributed by atoms with van der Waals surface area (Å²) in [7, 11) is 0. The zero-order valence-electron chi connectivity index (χ0n) is 15.0. The van der Waals surface area contributed by atoms with E-state index in [1.807, 2.05) is 30.5 Å². The number of thioether (sulfide) groups is 1. The molecule has 2 aromatic carbocycles. The van der Waals surface area contributed by atoms with Crippen LogP contribution in [-0.2, 0) is 17.1 Å². The fourth-order valence-electron chi connectivity index (χ4n) is 3.26. The van der Waals surface area contributed by atoms with Gasteiger partial charge in [0.1, 0.15) is 5.75 Å². The Morgan fingerprint density at radius 1 is 1.24 bits per heavy atom. The molecule has 0 amide bonds. The molecule has 0 aliphatic carbocycles. The van der Waals surface area contributed by atoms with Crippen molar-refractivity contribution in [3.05, 3.63) is 63.8 Å². The van der Waals surface area contributed by atoms with Crippen molar-refractivity contribution in [3.8, 4) is 17.2 Å². The molecule has 29 heavy (non-hydrogen) atoms. The monoisotopic (exact) mass is 410 g/mol. The average Bonchev–Trinajstić information content (AvgIpc) is 3.38. The van der Waals surface area contributed by atoms with Crippen molar-refractivity contribution in [2.45, 2.75) is 17.6 Å². The highest BCUT2D eigenvalue weighted by atomic mass is 32.2. The first-order valence-electron chi connectivity index (χ1n) is 8.72. The van der Waals surface area contributed by atoms with Gasteiger partial charge in [-0.3, -0.25) is 10.1 Å². The third kappa shape index (κ3) is 3.32. The molecule has 1 aliphatic heterocycles. The van der Waals surface area contributed by atoms with E-state index in [1.165, 1.54) is 23.9 Å². The normalized spacial score (nSPS) is 13.2. The van der Waals surface area contributed by atoms with Gasteiger partial charge in [-0.05, 0) is 6.07 Å². The Bertz CT molecular complexity index is 1220. The van der Waals surface area contributed by atoms with E-state index in [-0.39, 0.29) is 19.1 Å². The van der Waals surface area contributed by atoms with Crippen LogP contribution in [0.2, 0.25) is 0 Å². The minimum atomic E-state index is -0.426. The molecular weight excluding hydrogens is 396 g/mol. The molecule has 10 heteroatoms. The summed E-state index contributed by atoms with van der Waals surface area (Å²) in [5, 5.41) is 20.8. The number of nitrogens with zero attached hydrogens (tertiary/aromatic N) is 3. The summed E-state index contributed by atoms with van der Waals surface area (Å²) in [5.74, 6) is 1.42. The molecule has 1 N–H and O–H groups in total. The Morgan fingerprint density at radius 2 is 2.14 bits per heavy atom. The number of non-ortho nitro benzene ring substituents is 1. The Balaban J connectivity index is 1.40. The highest BCUT2D eigenvalue weighted by Gasteiger charge is 2.22. The highest BCUT2D eigenvalue weighted by Crippen LogP contribution is 2.37. The van der Waals surface area contributed by atoms with Crippen LogP contribution in [-0.4, -0.2) is 26.9 Å². The lowest BCUT2D eigenvalue weighted by Gasteiger charge is -2.20. The number of nitro benzene ring substituents is 1. The topological polar surface area (TPSA) is 116 Å². The number of hydrogen-bond donors (Lipinski definition) is 1. The van der Waals surface area contributed by atoms with Crippen LogP contribution < -0.4 is 4.74 Å². The third-order valence-corrected chi connectivity index (χ3v) is 5.43. The minimum Gasteiger partial charge on any atom is -0.467 e. The Labute approximate surface area is 168 Å². The van der Waals surface area contributed by atoms with Gasteiger partial charge >= 0.3 is 0 Å². The fourth-order valence-corrected chi connectivity index (χ4v) is 3.99. The van der Waals surface area contributed by atoms with E-state index in [9.17, 15) is 10.1 Å². The van der Waals surface area contributed by atoms with E-state index >= 15 is 0 Å². The van der Waals surface area contributed by atoms with Gasteiger partial charge in [0.2, 0.25) is 0 Å². The third-order valence-electron chi connectivity index (χ3n) is 4.56. The summed E-state index contributed by atoms with van der Waals surface area (Å²) in [6.45, 7) is 0.397. The molecule has 9 nitrogen and oxygen atoms in total. The molecule has 0 radical (unpaired) electrons. The molecule has 0 bridgehead atoms. The first-order chi connectivity index (χ1) is 14.2. The highest BCUT2D eigenvalue weighted by molar-refractivity contribution is 7.98. The summed E-state index contributed by atoms with van der Waals surface area (Å²) < 4.78 is 16.6. The van der Waals surface area contributed by atoms with E-state index in [1.54, 1.807) is 0 Å². The van der Waals surface area contributed by atoms with Crippen molar-refractivity contribution in [3.63, 3.8) is 0 Å². The number of aromatic amines is 1. The number of benzene rings is 2. The van der Waals surface area contributed by atoms with Crippen LogP contribution in [0.4, 0.5) is 5.69 Å². The predicted octanol–water partition coefficient (Wildman–Crippen LogP) is 4.28. The minimum absolute atomic E-state index is 0.00143. The molecule has 4 aromatic rings. The number of para-hydroxylation sites is 1. The molecule has 3 heterocycles. The standard InChI is InChI=1S/C19H14N4O5S/c24-23(25)13-5-11-8-26-10-27-17(11)12(6-13)9-29-19-22-21-18(28-19)15-7-20-16-4-2-1-3-14(15)16/h1-7,20H,8-10H2. The lowest BCUT2D eigenvalue weighted by atomic mass is 10.1. The second kappa shape index (κ2) is 7.22. The fraction of sp³-hybridized carbons (Fsp3) is 0.158. The number of aromatic nitrogens is 3. The van der Waals surface area contributed by atoms with Crippen LogP contribution in [0.25, 0.3) is 22.4 Å². The molecule has 0 fully saturated rings. The van der Waals surface area contributed by atoms with E-state index in [4.69, 9.17) is 13.9 Å². The number of H-pyrrole nitrogens is 1. The maximum Gasteiger partial charge on any atom is 0.277 e. The number of nitrogens with one attached hydrogen (secondary N) is 1. The smallest absolute Gasteiger partial charge is 0.277 e. The number of nitro groups is 1. The van der Waals surface area contributed by atoms with Gasteiger partial charge in [0.25, 0.3) is 16.8 Å². The predicted molar refractivity (Wildman–Crippen MR) is 105 cm³/mol. The summed E-state index contributed by atoms with van der Waals surface area (Å²) in [6, 6.07) is 10.8. The van der Waals surface area contributed by atoms with Crippen LogP contribution in [0.3, 0.4) is 0 Å². The Kier molecular flexibility index (Phi) is 4.41. The van der Waals surface area contributed by atoms with Gasteiger partial charge in [-0.25, -0.2) is 0 Å². The summed E-state index contributed by atoms with van der Waals surface area (Å²) >= 11 is 1.30. The molecule has 0 atom stereocenters. The maximum absolute atomic E-state index is 11.2. The van der Waals surface area contributed by atoms with Gasteiger partial charge in [-0.1, -0.05) is 30.0 Å². The van der Waals surface area contributed by atoms with Crippen LogP contribution in [0, 0.1) is 10.1 Å². The molecule has 1 aliphatic rings. The summed E-state index contributed by atoms with van der Waals surface area (Å²) in [6.07, 6.45) is 1.83. The second-order valence-corrected chi connectivity index (χ2v) is 7.30. The van der Waals surface area contributed by atoms with Gasteiger partial charge in [-0.15, -0.1) is 10.2 Å². The molecule has 0 spiro atoms.